The Kier molecular flexibility index (Phi) is 51.4. The molecular weight excluding hydrogens is 928 g/mol. The fraction of sp³-hybridized carbons (Fsp3) is 0.717. The molecule has 0 saturated carbocycles. The van der Waals surface area contributed by atoms with Crippen LogP contribution in [0, 0.1) is 0 Å². The largest absolute Gasteiger partial charge is 0.472 e. The summed E-state index contributed by atoms with van der Waals surface area (Å²) in [4.78, 5) is 48.5. The van der Waals surface area contributed by atoms with E-state index in [0.717, 1.165) is 148 Å². The third kappa shape index (κ3) is 51.6. The first-order valence-corrected chi connectivity index (χ1v) is 30.0. The summed E-state index contributed by atoms with van der Waals surface area (Å²) in [6, 6.07) is 0. The van der Waals surface area contributed by atoms with E-state index in [0.29, 0.717) is 19.3 Å². The summed E-state index contributed by atoms with van der Waals surface area (Å²) in [6.07, 6.45) is 61.1. The Bertz CT molecular complexity index is 1530. The van der Waals surface area contributed by atoms with Crippen LogP contribution < -0.4 is 0 Å². The van der Waals surface area contributed by atoms with E-state index in [9.17, 15) is 28.9 Å². The van der Waals surface area contributed by atoms with Crippen molar-refractivity contribution in [3.63, 3.8) is 0 Å². The Morgan fingerprint density at radius 1 is 0.403 bits per heavy atom. The maximum Gasteiger partial charge on any atom is 0.472 e. The van der Waals surface area contributed by atoms with Crippen molar-refractivity contribution in [2.45, 2.75) is 251 Å². The number of rotatable bonds is 52. The summed E-state index contributed by atoms with van der Waals surface area (Å²) in [5.41, 5.74) is 0. The molecule has 0 aliphatic rings. The van der Waals surface area contributed by atoms with Gasteiger partial charge in [-0.25, -0.2) is 4.57 Å². The maximum absolute atomic E-state index is 12.9. The van der Waals surface area contributed by atoms with Crippen molar-refractivity contribution in [1.82, 2.24) is 0 Å². The van der Waals surface area contributed by atoms with E-state index < -0.39 is 57.8 Å². The first-order chi connectivity index (χ1) is 35.2. The first-order valence-electron chi connectivity index (χ1n) is 28.5. The highest BCUT2D eigenvalue weighted by atomic mass is 31.2. The number of phosphoric ester groups is 1. The predicted octanol–water partition coefficient (Wildman–Crippen LogP) is 16.7. The SMILES string of the molecule is CC/C=C\C/C=C\C/C=C\C/C=C\CCCCCCCCC(=O)OC(COC(=O)CCCCCCC/C=C\C/C=C\CCC)COP(=O)(O)OCC(CO)OC(=O)CCCCCCC/C=C\CCCCCC. The number of carbonyl (C=O) groups excluding carboxylic acids is 3. The molecule has 414 valence electrons. The average Bonchev–Trinajstić information content (AvgIpc) is 3.37. The molecule has 72 heavy (non-hydrogen) atoms. The van der Waals surface area contributed by atoms with Gasteiger partial charge in [0.05, 0.1) is 19.8 Å². The third-order valence-electron chi connectivity index (χ3n) is 11.8. The molecule has 0 radical (unpaired) electrons. The molecule has 0 bridgehead atoms. The molecule has 2 N–H and O–H groups in total. The van der Waals surface area contributed by atoms with Gasteiger partial charge in [-0.3, -0.25) is 23.4 Å². The topological polar surface area (TPSA) is 155 Å². The van der Waals surface area contributed by atoms with Crippen molar-refractivity contribution in [1.29, 1.82) is 0 Å². The van der Waals surface area contributed by atoms with Gasteiger partial charge in [-0.05, 0) is 109 Å². The van der Waals surface area contributed by atoms with Gasteiger partial charge in [0, 0.05) is 19.3 Å². The Morgan fingerprint density at radius 3 is 1.18 bits per heavy atom. The van der Waals surface area contributed by atoms with E-state index in [-0.39, 0.29) is 25.9 Å². The summed E-state index contributed by atoms with van der Waals surface area (Å²) >= 11 is 0. The summed E-state index contributed by atoms with van der Waals surface area (Å²) in [6.45, 7) is 4.41. The number of hydrogen-bond donors (Lipinski definition) is 2. The van der Waals surface area contributed by atoms with Crippen LogP contribution in [0.1, 0.15) is 239 Å². The molecule has 0 aromatic heterocycles. The number of carbonyl (C=O) groups is 3. The van der Waals surface area contributed by atoms with E-state index in [1.54, 1.807) is 0 Å². The predicted molar refractivity (Wildman–Crippen MR) is 298 cm³/mol. The molecule has 3 atom stereocenters. The van der Waals surface area contributed by atoms with E-state index in [2.05, 4.69) is 106 Å². The first kappa shape index (κ1) is 68.7. The van der Waals surface area contributed by atoms with Crippen LogP contribution >= 0.6 is 7.82 Å². The fourth-order valence-corrected chi connectivity index (χ4v) is 8.22. The molecule has 0 saturated heterocycles. The molecule has 0 heterocycles. The van der Waals surface area contributed by atoms with E-state index in [1.165, 1.54) is 32.1 Å². The van der Waals surface area contributed by atoms with Gasteiger partial charge in [-0.15, -0.1) is 0 Å². The lowest BCUT2D eigenvalue weighted by Crippen LogP contribution is -2.30. The zero-order valence-corrected chi connectivity index (χ0v) is 46.5. The number of aliphatic hydroxyl groups excluding tert-OH is 1. The number of hydrogen-bond acceptors (Lipinski definition) is 10. The van der Waals surface area contributed by atoms with Crippen molar-refractivity contribution >= 4 is 25.7 Å². The van der Waals surface area contributed by atoms with Crippen molar-refractivity contribution in [3.05, 3.63) is 85.1 Å². The van der Waals surface area contributed by atoms with Crippen LogP contribution in [0.5, 0.6) is 0 Å². The fourth-order valence-electron chi connectivity index (χ4n) is 7.44. The minimum absolute atomic E-state index is 0.145. The second kappa shape index (κ2) is 53.9. The zero-order valence-electron chi connectivity index (χ0n) is 45.6. The number of unbranched alkanes of at least 4 members (excludes halogenated alkanes) is 21. The van der Waals surface area contributed by atoms with E-state index in [4.69, 9.17) is 23.3 Å². The molecule has 0 spiro atoms. The minimum atomic E-state index is -4.76. The molecule has 0 aromatic carbocycles. The van der Waals surface area contributed by atoms with Crippen LogP contribution in [-0.4, -0.2) is 66.5 Å². The van der Waals surface area contributed by atoms with Crippen LogP contribution in [0.2, 0.25) is 0 Å². The Hall–Kier alpha value is -3.34. The monoisotopic (exact) mass is 1030 g/mol. The van der Waals surface area contributed by atoms with Crippen molar-refractivity contribution < 1.29 is 52.2 Å². The van der Waals surface area contributed by atoms with Crippen LogP contribution in [0.3, 0.4) is 0 Å². The smallest absolute Gasteiger partial charge is 0.462 e. The molecule has 0 aromatic rings. The molecule has 0 aliphatic carbocycles. The van der Waals surface area contributed by atoms with Gasteiger partial charge < -0.3 is 24.2 Å². The van der Waals surface area contributed by atoms with Crippen LogP contribution in [0.4, 0.5) is 0 Å². The number of esters is 3. The van der Waals surface area contributed by atoms with Crippen LogP contribution in [-0.2, 0) is 42.2 Å². The van der Waals surface area contributed by atoms with Crippen molar-refractivity contribution in [2.75, 3.05) is 26.4 Å². The van der Waals surface area contributed by atoms with Crippen LogP contribution in [0.15, 0.2) is 85.1 Å². The number of allylic oxidation sites excluding steroid dienone is 14. The van der Waals surface area contributed by atoms with Crippen molar-refractivity contribution in [3.8, 4) is 0 Å². The molecule has 0 fully saturated rings. The Balaban J connectivity index is 4.77. The summed E-state index contributed by atoms with van der Waals surface area (Å²) in [5, 5.41) is 9.80. The van der Waals surface area contributed by atoms with Crippen LogP contribution in [0.25, 0.3) is 0 Å². The average molecular weight is 1030 g/mol. The maximum atomic E-state index is 12.9. The standard InChI is InChI=1S/C60H103O11P/c1-4-7-10-13-16-19-22-25-26-27-28-29-30-33-36-39-42-45-48-51-60(64)71-57(53-67-58(62)49-46-43-40-37-34-31-23-20-17-14-11-8-5-2)55-69-72(65,66)68-54-56(52-61)70-59(63)50-47-44-41-38-35-32-24-21-18-15-12-9-6-3/h7,10-11,14,16,19-21,23-26,28-29,56-57,61H,4-6,8-9,12-13,15,17-18,22,27,30-55H2,1-3H3,(H,65,66)/b10-7-,14-11-,19-16-,23-20-,24-21-,26-25-,29-28-. The number of phosphoric acid groups is 1. The summed E-state index contributed by atoms with van der Waals surface area (Å²) in [5.74, 6) is -1.51. The third-order valence-corrected chi connectivity index (χ3v) is 12.7. The lowest BCUT2D eigenvalue weighted by atomic mass is 10.1. The second-order valence-corrected chi connectivity index (χ2v) is 20.2. The van der Waals surface area contributed by atoms with Gasteiger partial charge in [0.2, 0.25) is 0 Å². The minimum Gasteiger partial charge on any atom is -0.462 e. The molecule has 0 amide bonds. The van der Waals surface area contributed by atoms with Gasteiger partial charge in [0.15, 0.2) is 6.10 Å². The van der Waals surface area contributed by atoms with Gasteiger partial charge in [-0.1, -0.05) is 196 Å². The van der Waals surface area contributed by atoms with E-state index >= 15 is 0 Å². The molecule has 12 heteroatoms. The molecule has 0 aliphatic heterocycles. The number of ether oxygens (including phenoxy) is 3. The van der Waals surface area contributed by atoms with Gasteiger partial charge in [0.1, 0.15) is 12.7 Å². The summed E-state index contributed by atoms with van der Waals surface area (Å²) < 4.78 is 39.5. The van der Waals surface area contributed by atoms with E-state index in [1.807, 2.05) is 0 Å². The zero-order chi connectivity index (χ0) is 52.7. The quantitative estimate of drug-likeness (QED) is 0.0197. The van der Waals surface area contributed by atoms with Gasteiger partial charge >= 0.3 is 25.7 Å². The molecule has 0 rings (SSSR count). The number of aliphatic hydroxyl groups is 1. The molecular formula is C60H103O11P. The second-order valence-electron chi connectivity index (χ2n) is 18.7. The molecule has 11 nitrogen and oxygen atoms in total. The highest BCUT2D eigenvalue weighted by Crippen LogP contribution is 2.43. The normalized spacial score (nSPS) is 14.0. The lowest BCUT2D eigenvalue weighted by molar-refractivity contribution is -0.161. The highest BCUT2D eigenvalue weighted by Gasteiger charge is 2.28. The van der Waals surface area contributed by atoms with Gasteiger partial charge in [0.25, 0.3) is 0 Å². The van der Waals surface area contributed by atoms with Gasteiger partial charge in [-0.2, -0.15) is 0 Å². The van der Waals surface area contributed by atoms with Crippen molar-refractivity contribution in [2.24, 2.45) is 0 Å². The molecule has 3 unspecified atom stereocenters. The Morgan fingerprint density at radius 2 is 0.750 bits per heavy atom. The Labute approximate surface area is 439 Å². The summed E-state index contributed by atoms with van der Waals surface area (Å²) in [7, 11) is -4.76. The lowest BCUT2D eigenvalue weighted by Gasteiger charge is -2.21. The highest BCUT2D eigenvalue weighted by molar-refractivity contribution is 7.47.